The standard InChI is InChI=1S/C17H23N3OS/c1-5-20(6-2)16(21)14-12(4)18-17(22)19-15(14)13-9-7-11(3)8-10-13/h7-10,14-15H,5-6H2,1-4H3,(H,19,22). The number of aliphatic imine (C=N–C) groups is 1. The summed E-state index contributed by atoms with van der Waals surface area (Å²) < 4.78 is 0. The van der Waals surface area contributed by atoms with Crippen molar-refractivity contribution in [1.29, 1.82) is 0 Å². The summed E-state index contributed by atoms with van der Waals surface area (Å²) in [6.07, 6.45) is 0. The van der Waals surface area contributed by atoms with Crippen LogP contribution >= 0.6 is 12.2 Å². The fraction of sp³-hybridized carbons (Fsp3) is 0.471. The summed E-state index contributed by atoms with van der Waals surface area (Å²) in [7, 11) is 0. The number of thiocarbonyl (C=S) groups is 1. The van der Waals surface area contributed by atoms with Crippen LogP contribution in [0.5, 0.6) is 0 Å². The van der Waals surface area contributed by atoms with Gasteiger partial charge in [0.15, 0.2) is 5.11 Å². The number of aryl methyl sites for hydroxylation is 1. The van der Waals surface area contributed by atoms with E-state index >= 15 is 0 Å². The molecule has 1 heterocycles. The highest BCUT2D eigenvalue weighted by Gasteiger charge is 2.37. The Hall–Kier alpha value is -1.75. The maximum Gasteiger partial charge on any atom is 0.233 e. The molecule has 1 aromatic carbocycles. The van der Waals surface area contributed by atoms with Crippen LogP contribution in [-0.2, 0) is 4.79 Å². The summed E-state index contributed by atoms with van der Waals surface area (Å²) in [6.45, 7) is 9.33. The average molecular weight is 317 g/mol. The lowest BCUT2D eigenvalue weighted by Gasteiger charge is -2.34. The van der Waals surface area contributed by atoms with Gasteiger partial charge < -0.3 is 10.2 Å². The van der Waals surface area contributed by atoms with Crippen molar-refractivity contribution in [1.82, 2.24) is 10.2 Å². The average Bonchev–Trinajstić information content (AvgIpc) is 2.48. The highest BCUT2D eigenvalue weighted by Crippen LogP contribution is 2.28. The number of amides is 1. The third-order valence-corrected chi connectivity index (χ3v) is 4.33. The van der Waals surface area contributed by atoms with Crippen molar-refractivity contribution in [3.63, 3.8) is 0 Å². The highest BCUT2D eigenvalue weighted by molar-refractivity contribution is 7.80. The first kappa shape index (κ1) is 16.6. The predicted molar refractivity (Wildman–Crippen MR) is 94.2 cm³/mol. The highest BCUT2D eigenvalue weighted by atomic mass is 32.1. The van der Waals surface area contributed by atoms with E-state index in [1.807, 2.05) is 32.6 Å². The van der Waals surface area contributed by atoms with E-state index in [9.17, 15) is 4.79 Å². The first-order chi connectivity index (χ1) is 10.5. The van der Waals surface area contributed by atoms with Crippen molar-refractivity contribution in [3.8, 4) is 0 Å². The lowest BCUT2D eigenvalue weighted by molar-refractivity contribution is -0.133. The molecule has 1 N–H and O–H groups in total. The van der Waals surface area contributed by atoms with Crippen LogP contribution < -0.4 is 5.32 Å². The molecule has 1 aliphatic heterocycles. The zero-order valence-electron chi connectivity index (χ0n) is 13.6. The molecule has 0 bridgehead atoms. The number of rotatable bonds is 4. The summed E-state index contributed by atoms with van der Waals surface area (Å²) in [5.41, 5.74) is 3.04. The second kappa shape index (κ2) is 7.01. The zero-order chi connectivity index (χ0) is 16.3. The molecule has 1 amide bonds. The van der Waals surface area contributed by atoms with E-state index in [-0.39, 0.29) is 17.9 Å². The molecule has 1 aromatic rings. The number of nitrogens with zero attached hydrogens (tertiary/aromatic N) is 2. The molecule has 0 fully saturated rings. The Bertz CT molecular complexity index is 590. The Kier molecular flexibility index (Phi) is 5.29. The predicted octanol–water partition coefficient (Wildman–Crippen LogP) is 2.87. The SMILES string of the molecule is CCN(CC)C(=O)C1C(C)=NC(=S)NC1c1ccc(C)cc1. The quantitative estimate of drug-likeness (QED) is 0.869. The fourth-order valence-corrected chi connectivity index (χ4v) is 3.09. The second-order valence-corrected chi connectivity index (χ2v) is 5.97. The van der Waals surface area contributed by atoms with Gasteiger partial charge in [0.2, 0.25) is 5.91 Å². The van der Waals surface area contributed by atoms with Gasteiger partial charge in [0, 0.05) is 18.8 Å². The van der Waals surface area contributed by atoms with Crippen molar-refractivity contribution < 1.29 is 4.79 Å². The molecule has 1 aliphatic rings. The zero-order valence-corrected chi connectivity index (χ0v) is 14.4. The molecular weight excluding hydrogens is 294 g/mol. The van der Waals surface area contributed by atoms with Gasteiger partial charge in [0.25, 0.3) is 0 Å². The maximum absolute atomic E-state index is 12.9. The number of benzene rings is 1. The summed E-state index contributed by atoms with van der Waals surface area (Å²) >= 11 is 5.22. The minimum Gasteiger partial charge on any atom is -0.353 e. The Labute approximate surface area is 137 Å². The third-order valence-electron chi connectivity index (χ3n) is 4.12. The number of nitrogens with one attached hydrogen (secondary N) is 1. The lowest BCUT2D eigenvalue weighted by Crippen LogP contribution is -2.48. The molecule has 0 spiro atoms. The smallest absolute Gasteiger partial charge is 0.233 e. The molecule has 4 nitrogen and oxygen atoms in total. The van der Waals surface area contributed by atoms with Gasteiger partial charge in [-0.3, -0.25) is 4.79 Å². The first-order valence-electron chi connectivity index (χ1n) is 7.69. The maximum atomic E-state index is 12.9. The van der Waals surface area contributed by atoms with Crippen LogP contribution in [0.3, 0.4) is 0 Å². The van der Waals surface area contributed by atoms with Crippen LogP contribution in [0.2, 0.25) is 0 Å². The van der Waals surface area contributed by atoms with Gasteiger partial charge in [-0.15, -0.1) is 0 Å². The van der Waals surface area contributed by atoms with Gasteiger partial charge in [-0.05, 0) is 45.5 Å². The summed E-state index contributed by atoms with van der Waals surface area (Å²) in [5, 5.41) is 3.66. The Morgan fingerprint density at radius 3 is 2.36 bits per heavy atom. The van der Waals surface area contributed by atoms with Crippen LogP contribution in [0.15, 0.2) is 29.3 Å². The van der Waals surface area contributed by atoms with Gasteiger partial charge in [-0.25, -0.2) is 4.99 Å². The molecule has 22 heavy (non-hydrogen) atoms. The van der Waals surface area contributed by atoms with Crippen molar-refractivity contribution in [2.45, 2.75) is 33.7 Å². The van der Waals surface area contributed by atoms with Gasteiger partial charge in [0.1, 0.15) is 5.92 Å². The molecule has 0 aliphatic carbocycles. The van der Waals surface area contributed by atoms with Crippen LogP contribution in [0.4, 0.5) is 0 Å². The van der Waals surface area contributed by atoms with Gasteiger partial charge in [-0.1, -0.05) is 29.8 Å². The molecule has 0 saturated carbocycles. The normalized spacial score (nSPS) is 21.1. The first-order valence-corrected chi connectivity index (χ1v) is 8.09. The second-order valence-electron chi connectivity index (χ2n) is 5.58. The molecule has 0 radical (unpaired) electrons. The minimum absolute atomic E-state index is 0.104. The summed E-state index contributed by atoms with van der Waals surface area (Å²) in [6, 6.07) is 8.06. The molecule has 0 aromatic heterocycles. The lowest BCUT2D eigenvalue weighted by atomic mass is 9.87. The van der Waals surface area contributed by atoms with Crippen molar-refractivity contribution >= 4 is 28.9 Å². The Morgan fingerprint density at radius 1 is 1.23 bits per heavy atom. The Balaban J connectivity index is 2.40. The van der Waals surface area contributed by atoms with Gasteiger partial charge in [0.05, 0.1) is 6.04 Å². The molecule has 2 rings (SSSR count). The van der Waals surface area contributed by atoms with E-state index in [1.54, 1.807) is 0 Å². The van der Waals surface area contributed by atoms with Crippen molar-refractivity contribution in [3.05, 3.63) is 35.4 Å². The van der Waals surface area contributed by atoms with E-state index in [4.69, 9.17) is 12.2 Å². The molecule has 2 unspecified atom stereocenters. The summed E-state index contributed by atoms with van der Waals surface area (Å²) in [4.78, 5) is 19.1. The largest absolute Gasteiger partial charge is 0.353 e. The molecule has 5 heteroatoms. The van der Waals surface area contributed by atoms with Crippen LogP contribution in [0, 0.1) is 12.8 Å². The Morgan fingerprint density at radius 2 is 1.82 bits per heavy atom. The number of hydrogen-bond acceptors (Lipinski definition) is 2. The van der Waals surface area contributed by atoms with E-state index < -0.39 is 0 Å². The third kappa shape index (κ3) is 3.35. The molecule has 2 atom stereocenters. The summed E-state index contributed by atoms with van der Waals surface area (Å²) in [5.74, 6) is -0.207. The topological polar surface area (TPSA) is 44.7 Å². The molecular formula is C17H23N3OS. The van der Waals surface area contributed by atoms with E-state index in [0.717, 1.165) is 11.3 Å². The molecule has 118 valence electrons. The van der Waals surface area contributed by atoms with Crippen LogP contribution in [-0.4, -0.2) is 34.7 Å². The van der Waals surface area contributed by atoms with Crippen molar-refractivity contribution in [2.75, 3.05) is 13.1 Å². The van der Waals surface area contributed by atoms with E-state index in [0.29, 0.717) is 18.2 Å². The monoisotopic (exact) mass is 317 g/mol. The van der Waals surface area contributed by atoms with Crippen LogP contribution in [0.25, 0.3) is 0 Å². The van der Waals surface area contributed by atoms with E-state index in [2.05, 4.69) is 34.6 Å². The number of carbonyl (C=O) groups is 1. The number of hydrogen-bond donors (Lipinski definition) is 1. The molecule has 0 saturated heterocycles. The van der Waals surface area contributed by atoms with Gasteiger partial charge in [-0.2, -0.15) is 0 Å². The fourth-order valence-electron chi connectivity index (χ4n) is 2.82. The van der Waals surface area contributed by atoms with E-state index in [1.165, 1.54) is 5.56 Å². The van der Waals surface area contributed by atoms with Crippen molar-refractivity contribution in [2.24, 2.45) is 10.9 Å². The van der Waals surface area contributed by atoms with Gasteiger partial charge >= 0.3 is 0 Å². The van der Waals surface area contributed by atoms with Crippen LogP contribution in [0.1, 0.15) is 37.9 Å². The number of carbonyl (C=O) groups excluding carboxylic acids is 1. The minimum atomic E-state index is -0.311.